The van der Waals surface area contributed by atoms with Crippen molar-refractivity contribution in [3.63, 3.8) is 0 Å². The molecule has 0 bridgehead atoms. The summed E-state index contributed by atoms with van der Waals surface area (Å²) in [5.41, 5.74) is 7.29. The van der Waals surface area contributed by atoms with Gasteiger partial charge in [-0.25, -0.2) is 0 Å². The van der Waals surface area contributed by atoms with Crippen LogP contribution in [-0.4, -0.2) is 23.2 Å². The minimum absolute atomic E-state index is 0.207. The van der Waals surface area contributed by atoms with E-state index >= 15 is 0 Å². The van der Waals surface area contributed by atoms with Crippen molar-refractivity contribution < 1.29 is 9.84 Å². The first kappa shape index (κ1) is 17.2. The number of hydrogen-bond acceptors (Lipinski definition) is 3. The van der Waals surface area contributed by atoms with Crippen LogP contribution in [0.3, 0.4) is 0 Å². The van der Waals surface area contributed by atoms with Crippen molar-refractivity contribution in [2.24, 2.45) is 0 Å². The average molecular weight is 349 g/mol. The summed E-state index contributed by atoms with van der Waals surface area (Å²) >= 11 is 0. The minimum atomic E-state index is 0.207. The number of fused-ring (bicyclic) bond motifs is 3. The largest absolute Gasteiger partial charge is 0.504 e. The molecule has 4 rings (SSSR count). The van der Waals surface area contributed by atoms with Gasteiger partial charge in [-0.1, -0.05) is 30.4 Å². The number of allylic oxidation sites excluding steroid dienone is 1. The van der Waals surface area contributed by atoms with Gasteiger partial charge in [-0.3, -0.25) is 4.90 Å². The van der Waals surface area contributed by atoms with E-state index in [1.54, 1.807) is 24.3 Å². The van der Waals surface area contributed by atoms with Gasteiger partial charge in [0.25, 0.3) is 0 Å². The number of nitrogens with zero attached hydrogens (tertiary/aromatic N) is 1. The lowest BCUT2D eigenvalue weighted by molar-refractivity contribution is 0.203. The van der Waals surface area contributed by atoms with Crippen LogP contribution >= 0.6 is 0 Å². The molecule has 2 aromatic rings. The molecule has 1 aliphatic carbocycles. The number of ether oxygens (including phenoxy) is 1. The molecule has 136 valence electrons. The van der Waals surface area contributed by atoms with Crippen molar-refractivity contribution in [1.29, 1.82) is 0 Å². The van der Waals surface area contributed by atoms with E-state index in [9.17, 15) is 5.11 Å². The number of aromatic hydroxyl groups is 1. The predicted octanol–water partition coefficient (Wildman–Crippen LogP) is 4.70. The number of phenols is 1. The molecule has 0 unspecified atom stereocenters. The fourth-order valence-corrected chi connectivity index (χ4v) is 4.22. The monoisotopic (exact) mass is 349 g/mol. The first-order valence-electron chi connectivity index (χ1n) is 9.56. The SMILES string of the molecule is COc1cc(CC[C@@H](C)N2Cc3ccc4c(c3C2)CCC=C4)ccc1O. The molecule has 2 aromatic carbocycles. The summed E-state index contributed by atoms with van der Waals surface area (Å²) in [4.78, 5) is 2.60. The zero-order chi connectivity index (χ0) is 18.1. The third kappa shape index (κ3) is 3.24. The van der Waals surface area contributed by atoms with Gasteiger partial charge in [0.1, 0.15) is 0 Å². The van der Waals surface area contributed by atoms with Crippen LogP contribution in [0.5, 0.6) is 11.5 Å². The maximum Gasteiger partial charge on any atom is 0.160 e. The molecule has 0 spiro atoms. The minimum Gasteiger partial charge on any atom is -0.504 e. The number of methoxy groups -OCH3 is 1. The maximum atomic E-state index is 9.74. The number of aryl methyl sites for hydroxylation is 1. The Morgan fingerprint density at radius 1 is 1.15 bits per heavy atom. The van der Waals surface area contributed by atoms with Crippen LogP contribution in [0.25, 0.3) is 6.08 Å². The topological polar surface area (TPSA) is 32.7 Å². The second-order valence-electron chi connectivity index (χ2n) is 7.51. The van der Waals surface area contributed by atoms with Crippen molar-refractivity contribution in [3.8, 4) is 11.5 Å². The van der Waals surface area contributed by atoms with Crippen molar-refractivity contribution in [1.82, 2.24) is 4.90 Å². The van der Waals surface area contributed by atoms with Crippen LogP contribution < -0.4 is 4.74 Å². The van der Waals surface area contributed by atoms with E-state index in [4.69, 9.17) is 4.74 Å². The van der Waals surface area contributed by atoms with Crippen molar-refractivity contribution in [2.75, 3.05) is 7.11 Å². The molecule has 0 saturated carbocycles. The van der Waals surface area contributed by atoms with Crippen LogP contribution in [-0.2, 0) is 25.9 Å². The molecule has 0 radical (unpaired) electrons. The van der Waals surface area contributed by atoms with E-state index < -0.39 is 0 Å². The molecule has 0 amide bonds. The lowest BCUT2D eigenvalue weighted by Crippen LogP contribution is -2.28. The number of benzene rings is 2. The van der Waals surface area contributed by atoms with E-state index in [0.29, 0.717) is 11.8 Å². The Balaban J connectivity index is 1.42. The summed E-state index contributed by atoms with van der Waals surface area (Å²) in [5, 5.41) is 9.74. The van der Waals surface area contributed by atoms with Gasteiger partial charge in [0.05, 0.1) is 7.11 Å². The van der Waals surface area contributed by atoms with Gasteiger partial charge in [-0.2, -0.15) is 0 Å². The predicted molar refractivity (Wildman–Crippen MR) is 105 cm³/mol. The Bertz CT molecular complexity index is 840. The van der Waals surface area contributed by atoms with Gasteiger partial charge in [0.2, 0.25) is 0 Å². The smallest absolute Gasteiger partial charge is 0.160 e. The quantitative estimate of drug-likeness (QED) is 0.849. The Labute approximate surface area is 155 Å². The summed E-state index contributed by atoms with van der Waals surface area (Å²) < 4.78 is 5.22. The lowest BCUT2D eigenvalue weighted by Gasteiger charge is -2.24. The van der Waals surface area contributed by atoms with E-state index in [0.717, 1.165) is 25.9 Å². The second-order valence-corrected chi connectivity index (χ2v) is 7.51. The first-order valence-corrected chi connectivity index (χ1v) is 9.56. The summed E-state index contributed by atoms with van der Waals surface area (Å²) in [6.07, 6.45) is 9.02. The van der Waals surface area contributed by atoms with Gasteiger partial charge in [0, 0.05) is 19.1 Å². The molecule has 0 saturated heterocycles. The maximum absolute atomic E-state index is 9.74. The normalized spacial score (nSPS) is 17.0. The van der Waals surface area contributed by atoms with Crippen LogP contribution in [0.15, 0.2) is 36.4 Å². The average Bonchev–Trinajstić information content (AvgIpc) is 3.12. The van der Waals surface area contributed by atoms with Crippen LogP contribution in [0.2, 0.25) is 0 Å². The molecule has 1 atom stereocenters. The summed E-state index contributed by atoms with van der Waals surface area (Å²) in [6.45, 7) is 4.47. The van der Waals surface area contributed by atoms with Crippen LogP contribution in [0, 0.1) is 0 Å². The Morgan fingerprint density at radius 3 is 2.88 bits per heavy atom. The molecule has 3 heteroatoms. The van der Waals surface area contributed by atoms with E-state index in [1.807, 2.05) is 12.1 Å². The highest BCUT2D eigenvalue weighted by atomic mass is 16.5. The van der Waals surface area contributed by atoms with Gasteiger partial charge >= 0.3 is 0 Å². The highest BCUT2D eigenvalue weighted by Gasteiger charge is 2.26. The number of rotatable bonds is 5. The zero-order valence-electron chi connectivity index (χ0n) is 15.7. The van der Waals surface area contributed by atoms with Crippen molar-refractivity contribution in [3.05, 3.63) is 64.2 Å². The highest BCUT2D eigenvalue weighted by Crippen LogP contribution is 2.34. The first-order chi connectivity index (χ1) is 12.7. The molecule has 1 aliphatic heterocycles. The van der Waals surface area contributed by atoms with Gasteiger partial charge in [-0.15, -0.1) is 0 Å². The number of hydrogen-bond donors (Lipinski definition) is 1. The fourth-order valence-electron chi connectivity index (χ4n) is 4.22. The number of phenolic OH excluding ortho intramolecular Hbond substituents is 1. The van der Waals surface area contributed by atoms with Gasteiger partial charge in [-0.05, 0) is 72.6 Å². The molecule has 1 N–H and O–H groups in total. The van der Waals surface area contributed by atoms with Crippen LogP contribution in [0.1, 0.15) is 47.6 Å². The Hall–Kier alpha value is -2.26. The molecule has 3 nitrogen and oxygen atoms in total. The summed E-state index contributed by atoms with van der Waals surface area (Å²) in [6, 6.07) is 10.8. The lowest BCUT2D eigenvalue weighted by atomic mass is 9.91. The van der Waals surface area contributed by atoms with Crippen molar-refractivity contribution >= 4 is 6.08 Å². The Morgan fingerprint density at radius 2 is 2.04 bits per heavy atom. The fraction of sp³-hybridized carbons (Fsp3) is 0.391. The third-order valence-electron chi connectivity index (χ3n) is 5.88. The zero-order valence-corrected chi connectivity index (χ0v) is 15.7. The molecule has 26 heavy (non-hydrogen) atoms. The van der Waals surface area contributed by atoms with E-state index in [1.165, 1.54) is 29.5 Å². The van der Waals surface area contributed by atoms with Gasteiger partial charge < -0.3 is 9.84 Å². The summed E-state index contributed by atoms with van der Waals surface area (Å²) in [7, 11) is 1.60. The highest BCUT2D eigenvalue weighted by molar-refractivity contribution is 5.60. The van der Waals surface area contributed by atoms with E-state index in [2.05, 4.69) is 36.1 Å². The second kappa shape index (κ2) is 7.16. The Kier molecular flexibility index (Phi) is 4.73. The van der Waals surface area contributed by atoms with E-state index in [-0.39, 0.29) is 5.75 Å². The summed E-state index contributed by atoms with van der Waals surface area (Å²) in [5.74, 6) is 0.765. The molecule has 1 heterocycles. The van der Waals surface area contributed by atoms with Crippen LogP contribution in [0.4, 0.5) is 0 Å². The standard InChI is InChI=1S/C23H27NO2/c1-16(7-8-17-9-12-22(25)23(13-17)26-2)24-14-19-11-10-18-5-3-4-6-20(18)21(19)15-24/h3,5,9-13,16,25H,4,6-8,14-15H2,1-2H3/t16-/m1/s1. The van der Waals surface area contributed by atoms with Crippen molar-refractivity contribution in [2.45, 2.75) is 51.7 Å². The molecule has 0 aromatic heterocycles. The van der Waals surface area contributed by atoms with Gasteiger partial charge in [0.15, 0.2) is 11.5 Å². The molecular weight excluding hydrogens is 322 g/mol. The molecule has 0 fully saturated rings. The third-order valence-corrected chi connectivity index (χ3v) is 5.88. The molecular formula is C23H27NO2. The molecule has 2 aliphatic rings.